The predicted molar refractivity (Wildman–Crippen MR) is 63.5 cm³/mol. The van der Waals surface area contributed by atoms with Gasteiger partial charge in [0, 0.05) is 6.54 Å². The summed E-state index contributed by atoms with van der Waals surface area (Å²) in [6.07, 6.45) is 0. The van der Waals surface area contributed by atoms with E-state index in [0.717, 1.165) is 5.56 Å². The lowest BCUT2D eigenvalue weighted by atomic mass is 10.2. The highest BCUT2D eigenvalue weighted by molar-refractivity contribution is 9.10. The molecule has 0 amide bonds. The first-order chi connectivity index (χ1) is 8.16. The van der Waals surface area contributed by atoms with Gasteiger partial charge in [-0.2, -0.15) is 5.21 Å². The summed E-state index contributed by atoms with van der Waals surface area (Å²) in [5.41, 5.74) is 0.980. The molecule has 0 aliphatic rings. The Bertz CT molecular complexity index is 487. The summed E-state index contributed by atoms with van der Waals surface area (Å²) in [6.45, 7) is 2.54. The molecule has 1 aromatic heterocycles. The molecule has 0 spiro atoms. The summed E-state index contributed by atoms with van der Waals surface area (Å²) in [4.78, 5) is 0. The van der Waals surface area contributed by atoms with E-state index in [1.807, 2.05) is 6.92 Å². The second-order valence-electron chi connectivity index (χ2n) is 3.62. The first-order valence-corrected chi connectivity index (χ1v) is 5.87. The van der Waals surface area contributed by atoms with Gasteiger partial charge in [-0.05, 0) is 40.5 Å². The van der Waals surface area contributed by atoms with Gasteiger partial charge in [-0.1, -0.05) is 11.3 Å². The topological polar surface area (TPSA) is 66.5 Å². The molecule has 0 saturated heterocycles. The Morgan fingerprint density at radius 2 is 2.35 bits per heavy atom. The van der Waals surface area contributed by atoms with Crippen molar-refractivity contribution in [3.63, 3.8) is 0 Å². The maximum atomic E-state index is 13.0. The van der Waals surface area contributed by atoms with Crippen LogP contribution in [-0.4, -0.2) is 20.6 Å². The molecule has 7 heteroatoms. The maximum Gasteiger partial charge on any atom is 0.191 e. The van der Waals surface area contributed by atoms with Gasteiger partial charge in [-0.3, -0.25) is 0 Å². The van der Waals surface area contributed by atoms with E-state index in [-0.39, 0.29) is 11.9 Å². The van der Waals surface area contributed by atoms with Crippen LogP contribution in [0.5, 0.6) is 0 Å². The quantitative estimate of drug-likeness (QED) is 0.906. The number of nitrogens with one attached hydrogen (secondary N) is 2. The third kappa shape index (κ3) is 3.07. The third-order valence-electron chi connectivity index (χ3n) is 2.35. The minimum absolute atomic E-state index is 0.0161. The highest BCUT2D eigenvalue weighted by atomic mass is 79.9. The van der Waals surface area contributed by atoms with Crippen molar-refractivity contribution in [3.05, 3.63) is 39.9 Å². The largest absolute Gasteiger partial charge is 0.303 e. The highest BCUT2D eigenvalue weighted by Crippen LogP contribution is 2.17. The van der Waals surface area contributed by atoms with Crippen molar-refractivity contribution < 1.29 is 4.39 Å². The lowest BCUT2D eigenvalue weighted by Crippen LogP contribution is -2.19. The molecule has 0 bridgehead atoms. The van der Waals surface area contributed by atoms with Crippen molar-refractivity contribution in [3.8, 4) is 0 Å². The first-order valence-electron chi connectivity index (χ1n) is 5.07. The number of H-pyrrole nitrogens is 1. The van der Waals surface area contributed by atoms with Crippen LogP contribution in [0.2, 0.25) is 0 Å². The molecular weight excluding hydrogens is 289 g/mol. The Balaban J connectivity index is 1.96. The van der Waals surface area contributed by atoms with Gasteiger partial charge in [-0.25, -0.2) is 4.39 Å². The highest BCUT2D eigenvalue weighted by Gasteiger charge is 2.09. The van der Waals surface area contributed by atoms with E-state index in [0.29, 0.717) is 16.8 Å². The molecule has 2 aromatic rings. The average Bonchev–Trinajstić information content (AvgIpc) is 2.84. The molecule has 2 N–H and O–H groups in total. The summed E-state index contributed by atoms with van der Waals surface area (Å²) in [6, 6.07) is 4.89. The molecule has 1 aromatic carbocycles. The van der Waals surface area contributed by atoms with Gasteiger partial charge < -0.3 is 5.32 Å². The number of hydrogen-bond acceptors (Lipinski definition) is 4. The minimum Gasteiger partial charge on any atom is -0.303 e. The summed E-state index contributed by atoms with van der Waals surface area (Å²) < 4.78 is 13.5. The summed E-state index contributed by atoms with van der Waals surface area (Å²) >= 11 is 3.15. The molecule has 2 rings (SSSR count). The molecule has 1 unspecified atom stereocenters. The van der Waals surface area contributed by atoms with E-state index in [1.54, 1.807) is 12.1 Å². The molecule has 0 aliphatic heterocycles. The van der Waals surface area contributed by atoms with Gasteiger partial charge in [-0.15, -0.1) is 10.2 Å². The van der Waals surface area contributed by atoms with E-state index >= 15 is 0 Å². The number of hydrogen-bond donors (Lipinski definition) is 2. The number of aromatic nitrogens is 4. The van der Waals surface area contributed by atoms with Crippen LogP contribution in [-0.2, 0) is 6.54 Å². The Morgan fingerprint density at radius 1 is 1.53 bits per heavy atom. The van der Waals surface area contributed by atoms with Gasteiger partial charge in [0.25, 0.3) is 0 Å². The Labute approximate surface area is 106 Å². The smallest absolute Gasteiger partial charge is 0.191 e. The van der Waals surface area contributed by atoms with Crippen LogP contribution >= 0.6 is 15.9 Å². The molecule has 5 nitrogen and oxygen atoms in total. The number of nitrogens with zero attached hydrogens (tertiary/aromatic N) is 3. The van der Waals surface area contributed by atoms with Crippen molar-refractivity contribution in [2.45, 2.75) is 19.5 Å². The van der Waals surface area contributed by atoms with E-state index in [1.165, 1.54) is 6.07 Å². The Morgan fingerprint density at radius 3 is 3.00 bits per heavy atom. The molecule has 17 heavy (non-hydrogen) atoms. The maximum absolute atomic E-state index is 13.0. The van der Waals surface area contributed by atoms with Gasteiger partial charge in [0.05, 0.1) is 10.5 Å². The second kappa shape index (κ2) is 5.33. The second-order valence-corrected chi connectivity index (χ2v) is 4.48. The number of halogens is 2. The van der Waals surface area contributed by atoms with E-state index in [2.05, 4.69) is 41.9 Å². The SMILES string of the molecule is CC(NCc1ccc(F)c(Br)c1)c1nn[nH]n1. The molecule has 0 saturated carbocycles. The number of rotatable bonds is 4. The van der Waals surface area contributed by atoms with Crippen LogP contribution in [0.25, 0.3) is 0 Å². The normalized spacial score (nSPS) is 12.6. The van der Waals surface area contributed by atoms with E-state index in [4.69, 9.17) is 0 Å². The zero-order chi connectivity index (χ0) is 12.3. The standard InChI is InChI=1S/C10H11BrFN5/c1-6(10-14-16-17-15-10)13-5-7-2-3-9(12)8(11)4-7/h2-4,6,13H,5H2,1H3,(H,14,15,16,17). The zero-order valence-electron chi connectivity index (χ0n) is 9.11. The van der Waals surface area contributed by atoms with Crippen LogP contribution in [0, 0.1) is 5.82 Å². The molecule has 90 valence electrons. The Hall–Kier alpha value is -1.34. The monoisotopic (exact) mass is 299 g/mol. The minimum atomic E-state index is -0.264. The molecule has 1 heterocycles. The fraction of sp³-hybridized carbons (Fsp3) is 0.300. The fourth-order valence-corrected chi connectivity index (χ4v) is 1.79. The third-order valence-corrected chi connectivity index (χ3v) is 2.95. The van der Waals surface area contributed by atoms with Crippen LogP contribution < -0.4 is 5.32 Å². The van der Waals surface area contributed by atoms with Crippen molar-refractivity contribution in [1.29, 1.82) is 0 Å². The summed E-state index contributed by atoms with van der Waals surface area (Å²) in [7, 11) is 0. The predicted octanol–water partition coefficient (Wildman–Crippen LogP) is 1.95. The van der Waals surface area contributed by atoms with E-state index in [9.17, 15) is 4.39 Å². The molecule has 1 atom stereocenters. The molecular formula is C10H11BrFN5. The van der Waals surface area contributed by atoms with Gasteiger partial charge in [0.1, 0.15) is 5.82 Å². The number of tetrazole rings is 1. The van der Waals surface area contributed by atoms with Crippen LogP contribution in [0.4, 0.5) is 4.39 Å². The molecule has 0 radical (unpaired) electrons. The lowest BCUT2D eigenvalue weighted by molar-refractivity contribution is 0.545. The van der Waals surface area contributed by atoms with Crippen LogP contribution in [0.3, 0.4) is 0 Å². The first kappa shape index (κ1) is 12.1. The van der Waals surface area contributed by atoms with Crippen molar-refractivity contribution in [1.82, 2.24) is 25.9 Å². The van der Waals surface area contributed by atoms with Gasteiger partial charge >= 0.3 is 0 Å². The van der Waals surface area contributed by atoms with Crippen molar-refractivity contribution in [2.75, 3.05) is 0 Å². The van der Waals surface area contributed by atoms with Crippen LogP contribution in [0.1, 0.15) is 24.4 Å². The zero-order valence-corrected chi connectivity index (χ0v) is 10.7. The number of aromatic amines is 1. The Kier molecular flexibility index (Phi) is 3.80. The van der Waals surface area contributed by atoms with E-state index < -0.39 is 0 Å². The fourth-order valence-electron chi connectivity index (χ4n) is 1.36. The van der Waals surface area contributed by atoms with Gasteiger partial charge in [0.15, 0.2) is 5.82 Å². The average molecular weight is 300 g/mol. The van der Waals surface area contributed by atoms with Gasteiger partial charge in [0.2, 0.25) is 0 Å². The summed E-state index contributed by atoms with van der Waals surface area (Å²) in [5, 5.41) is 16.9. The van der Waals surface area contributed by atoms with Crippen molar-refractivity contribution in [2.24, 2.45) is 0 Å². The van der Waals surface area contributed by atoms with Crippen LogP contribution in [0.15, 0.2) is 22.7 Å². The summed E-state index contributed by atoms with van der Waals surface area (Å²) in [5.74, 6) is 0.339. The number of benzene rings is 1. The van der Waals surface area contributed by atoms with Crippen molar-refractivity contribution >= 4 is 15.9 Å². The molecule has 0 aliphatic carbocycles. The lowest BCUT2D eigenvalue weighted by Gasteiger charge is -2.10. The molecule has 0 fully saturated rings.